The molecule has 0 saturated carbocycles. The molecule has 1 N–H and O–H groups in total. The van der Waals surface area contributed by atoms with Crippen LogP contribution in [0.1, 0.15) is 5.56 Å². The number of hydrogen-bond donors (Lipinski definition) is 1. The van der Waals surface area contributed by atoms with Crippen LogP contribution in [0.25, 0.3) is 6.08 Å². The van der Waals surface area contributed by atoms with Gasteiger partial charge in [0.15, 0.2) is 5.17 Å². The predicted molar refractivity (Wildman–Crippen MR) is 93.7 cm³/mol. The summed E-state index contributed by atoms with van der Waals surface area (Å²) in [6.07, 6.45) is 1.83. The number of thioether (sulfide) groups is 1. The van der Waals surface area contributed by atoms with Crippen LogP contribution < -0.4 is 5.32 Å². The smallest absolute Gasteiger partial charge is 0.264 e. The van der Waals surface area contributed by atoms with Gasteiger partial charge in [-0.15, -0.1) is 0 Å². The average Bonchev–Trinajstić information content (AvgIpc) is 2.84. The largest absolute Gasteiger partial charge is 0.300 e. The van der Waals surface area contributed by atoms with E-state index in [2.05, 4.69) is 10.3 Å². The third-order valence-corrected chi connectivity index (χ3v) is 4.53. The molecule has 2 aromatic carbocycles. The molecule has 2 aromatic rings. The number of nitrogens with one attached hydrogen (secondary N) is 1. The summed E-state index contributed by atoms with van der Waals surface area (Å²) in [7, 11) is 0. The van der Waals surface area contributed by atoms with Crippen LogP contribution in [0.3, 0.4) is 0 Å². The van der Waals surface area contributed by atoms with Crippen molar-refractivity contribution in [3.05, 3.63) is 69.0 Å². The van der Waals surface area contributed by atoms with Gasteiger partial charge in [-0.2, -0.15) is 0 Å². The second-order valence-corrected chi connectivity index (χ2v) is 6.34. The number of carbonyl (C=O) groups is 1. The summed E-state index contributed by atoms with van der Waals surface area (Å²) >= 11 is 13.1. The minimum atomic E-state index is -0.160. The van der Waals surface area contributed by atoms with Gasteiger partial charge in [0.05, 0.1) is 20.6 Å². The molecule has 1 amide bonds. The van der Waals surface area contributed by atoms with Gasteiger partial charge in [-0.1, -0.05) is 53.5 Å². The van der Waals surface area contributed by atoms with E-state index in [0.717, 1.165) is 5.56 Å². The Bertz CT molecular complexity index is 788. The Balaban J connectivity index is 1.83. The fourth-order valence-corrected chi connectivity index (χ4v) is 2.99. The summed E-state index contributed by atoms with van der Waals surface area (Å²) in [4.78, 5) is 16.9. The van der Waals surface area contributed by atoms with Crippen LogP contribution in [-0.4, -0.2) is 11.1 Å². The first-order chi connectivity index (χ1) is 10.6. The monoisotopic (exact) mass is 348 g/mol. The molecular formula is C16H10Cl2N2OS. The fourth-order valence-electron chi connectivity index (χ4n) is 1.85. The molecule has 1 heterocycles. The third-order valence-electron chi connectivity index (χ3n) is 2.88. The maximum Gasteiger partial charge on any atom is 0.264 e. The average molecular weight is 349 g/mol. The molecule has 0 radical (unpaired) electrons. The van der Waals surface area contributed by atoms with Crippen molar-refractivity contribution in [2.75, 3.05) is 0 Å². The first-order valence-electron chi connectivity index (χ1n) is 6.41. The van der Waals surface area contributed by atoms with Crippen molar-refractivity contribution in [2.24, 2.45) is 4.99 Å². The van der Waals surface area contributed by atoms with Crippen LogP contribution in [0.5, 0.6) is 0 Å². The second-order valence-electron chi connectivity index (χ2n) is 4.49. The van der Waals surface area contributed by atoms with Gasteiger partial charge in [-0.3, -0.25) is 4.79 Å². The molecule has 1 fully saturated rings. The molecule has 0 spiro atoms. The molecule has 6 heteroatoms. The molecule has 110 valence electrons. The Morgan fingerprint density at radius 3 is 2.55 bits per heavy atom. The molecule has 0 unspecified atom stereocenters. The maximum absolute atomic E-state index is 12.0. The first kappa shape index (κ1) is 15.2. The highest BCUT2D eigenvalue weighted by Gasteiger charge is 2.23. The Kier molecular flexibility index (Phi) is 4.52. The van der Waals surface area contributed by atoms with Crippen molar-refractivity contribution in [2.45, 2.75) is 0 Å². The summed E-state index contributed by atoms with van der Waals surface area (Å²) in [5, 5.41) is 4.15. The number of hydrogen-bond acceptors (Lipinski definition) is 3. The molecule has 0 aliphatic carbocycles. The van der Waals surface area contributed by atoms with E-state index in [0.29, 0.717) is 25.8 Å². The van der Waals surface area contributed by atoms with Gasteiger partial charge < -0.3 is 5.32 Å². The van der Waals surface area contributed by atoms with Gasteiger partial charge >= 0.3 is 0 Å². The maximum atomic E-state index is 12.0. The van der Waals surface area contributed by atoms with Gasteiger partial charge in [-0.05, 0) is 41.6 Å². The van der Waals surface area contributed by atoms with Crippen LogP contribution in [0.15, 0.2) is 58.4 Å². The molecule has 1 saturated heterocycles. The lowest BCUT2D eigenvalue weighted by Gasteiger charge is -1.98. The SMILES string of the molecule is O=C1N/C(=N\c2ccc(Cl)c(Cl)c2)S/C1=C\c1ccccc1. The van der Waals surface area contributed by atoms with Crippen molar-refractivity contribution in [3.63, 3.8) is 0 Å². The number of halogens is 2. The molecule has 1 aliphatic heterocycles. The summed E-state index contributed by atoms with van der Waals surface area (Å²) in [6, 6.07) is 14.7. The Hall–Kier alpha value is -1.75. The van der Waals surface area contributed by atoms with E-state index < -0.39 is 0 Å². The van der Waals surface area contributed by atoms with Crippen molar-refractivity contribution < 1.29 is 4.79 Å². The number of rotatable bonds is 2. The Morgan fingerprint density at radius 2 is 1.82 bits per heavy atom. The van der Waals surface area contributed by atoms with E-state index in [4.69, 9.17) is 23.2 Å². The summed E-state index contributed by atoms with van der Waals surface area (Å²) in [5.74, 6) is -0.160. The molecule has 22 heavy (non-hydrogen) atoms. The van der Waals surface area contributed by atoms with Gasteiger partial charge in [0.2, 0.25) is 0 Å². The highest BCUT2D eigenvalue weighted by atomic mass is 35.5. The van der Waals surface area contributed by atoms with Gasteiger partial charge in [-0.25, -0.2) is 4.99 Å². The highest BCUT2D eigenvalue weighted by Crippen LogP contribution is 2.30. The molecule has 0 bridgehead atoms. The topological polar surface area (TPSA) is 41.5 Å². The first-order valence-corrected chi connectivity index (χ1v) is 7.99. The van der Waals surface area contributed by atoms with E-state index in [9.17, 15) is 4.79 Å². The van der Waals surface area contributed by atoms with Crippen molar-refractivity contribution in [1.29, 1.82) is 0 Å². The second kappa shape index (κ2) is 6.57. The normalized spacial score (nSPS) is 18.0. The lowest BCUT2D eigenvalue weighted by atomic mass is 10.2. The number of benzene rings is 2. The highest BCUT2D eigenvalue weighted by molar-refractivity contribution is 8.18. The van der Waals surface area contributed by atoms with Crippen LogP contribution in [0.4, 0.5) is 5.69 Å². The van der Waals surface area contributed by atoms with E-state index >= 15 is 0 Å². The van der Waals surface area contributed by atoms with E-state index in [1.165, 1.54) is 11.8 Å². The van der Waals surface area contributed by atoms with Crippen molar-refractivity contribution >= 4 is 57.8 Å². The summed E-state index contributed by atoms with van der Waals surface area (Å²) in [5.41, 5.74) is 1.61. The van der Waals surface area contributed by atoms with E-state index in [-0.39, 0.29) is 5.91 Å². The summed E-state index contributed by atoms with van der Waals surface area (Å²) < 4.78 is 0. The van der Waals surface area contributed by atoms with Crippen LogP contribution in [0, 0.1) is 0 Å². The molecular weight excluding hydrogens is 339 g/mol. The molecule has 3 nitrogen and oxygen atoms in total. The lowest BCUT2D eigenvalue weighted by Crippen LogP contribution is -2.19. The zero-order valence-electron chi connectivity index (χ0n) is 11.2. The van der Waals surface area contributed by atoms with Gasteiger partial charge in [0.25, 0.3) is 5.91 Å². The Labute approximate surface area is 142 Å². The van der Waals surface area contributed by atoms with E-state index in [1.54, 1.807) is 18.2 Å². The Morgan fingerprint density at radius 1 is 1.05 bits per heavy atom. The van der Waals surface area contributed by atoms with Crippen molar-refractivity contribution in [3.8, 4) is 0 Å². The zero-order chi connectivity index (χ0) is 15.5. The molecule has 3 rings (SSSR count). The summed E-state index contributed by atoms with van der Waals surface area (Å²) in [6.45, 7) is 0. The van der Waals surface area contributed by atoms with Gasteiger partial charge in [0.1, 0.15) is 0 Å². The van der Waals surface area contributed by atoms with E-state index in [1.807, 2.05) is 36.4 Å². The lowest BCUT2D eigenvalue weighted by molar-refractivity contribution is -0.115. The number of amides is 1. The predicted octanol–water partition coefficient (Wildman–Crippen LogP) is 4.89. The molecule has 1 aliphatic rings. The quantitative estimate of drug-likeness (QED) is 0.785. The molecule has 0 atom stereocenters. The fraction of sp³-hybridized carbons (Fsp3) is 0. The van der Waals surface area contributed by atoms with Gasteiger partial charge in [0, 0.05) is 0 Å². The van der Waals surface area contributed by atoms with Crippen LogP contribution >= 0.6 is 35.0 Å². The third kappa shape index (κ3) is 3.53. The molecule has 0 aromatic heterocycles. The van der Waals surface area contributed by atoms with Crippen LogP contribution in [0.2, 0.25) is 10.0 Å². The minimum absolute atomic E-state index is 0.160. The van der Waals surface area contributed by atoms with Crippen LogP contribution in [-0.2, 0) is 4.79 Å². The number of amidine groups is 1. The zero-order valence-corrected chi connectivity index (χ0v) is 13.5. The number of nitrogens with zero attached hydrogens (tertiary/aromatic N) is 1. The number of aliphatic imine (C=N–C) groups is 1. The van der Waals surface area contributed by atoms with Crippen molar-refractivity contribution in [1.82, 2.24) is 5.32 Å². The number of carbonyl (C=O) groups excluding carboxylic acids is 1. The standard InChI is InChI=1S/C16H10Cl2N2OS/c17-12-7-6-11(9-13(12)18)19-16-20-15(21)14(22-16)8-10-4-2-1-3-5-10/h1-9H,(H,19,20,21)/b14-8-. The minimum Gasteiger partial charge on any atom is -0.300 e.